The zero-order valence-corrected chi connectivity index (χ0v) is 9.88. The lowest BCUT2D eigenvalue weighted by Crippen LogP contribution is -2.49. The van der Waals surface area contributed by atoms with Gasteiger partial charge in [-0.15, -0.1) is 0 Å². The fraction of sp³-hybridized carbons (Fsp3) is 0.364. The molecule has 0 bridgehead atoms. The molecule has 2 nitrogen and oxygen atoms in total. The Hall–Kier alpha value is -0.765. The van der Waals surface area contributed by atoms with Crippen LogP contribution in [0.25, 0.3) is 0 Å². The molecule has 2 rings (SSSR count). The molecule has 1 saturated heterocycles. The van der Waals surface area contributed by atoms with Gasteiger partial charge in [0.2, 0.25) is 5.91 Å². The molecule has 0 aliphatic carbocycles. The van der Waals surface area contributed by atoms with Gasteiger partial charge in [-0.25, -0.2) is 0 Å². The minimum Gasteiger partial charge on any atom is -0.356 e. The number of hydrogen-bond acceptors (Lipinski definition) is 1. The minimum absolute atomic E-state index is 0.0731. The molecule has 15 heavy (non-hydrogen) atoms. The molecule has 0 aromatic heterocycles. The normalized spacial score (nSPS) is 26.1. The van der Waals surface area contributed by atoms with Crippen molar-refractivity contribution in [2.75, 3.05) is 6.54 Å². The summed E-state index contributed by atoms with van der Waals surface area (Å²) < 4.78 is 0.992. The van der Waals surface area contributed by atoms with Crippen molar-refractivity contribution >= 4 is 29.7 Å². The van der Waals surface area contributed by atoms with E-state index in [0.29, 0.717) is 6.42 Å². The molecule has 1 amide bonds. The second kappa shape index (κ2) is 4.01. The zero-order chi connectivity index (χ0) is 10.9. The van der Waals surface area contributed by atoms with E-state index in [1.165, 1.54) is 0 Å². The van der Waals surface area contributed by atoms with Crippen molar-refractivity contribution in [1.29, 1.82) is 0 Å². The molecule has 0 saturated carbocycles. The van der Waals surface area contributed by atoms with Crippen LogP contribution in [0, 0.1) is 0 Å². The number of halogens is 1. The smallest absolute Gasteiger partial charge is 0.221 e. The maximum absolute atomic E-state index is 11.8. The fourth-order valence-electron chi connectivity index (χ4n) is 1.86. The van der Waals surface area contributed by atoms with Gasteiger partial charge in [0.05, 0.1) is 7.85 Å². The number of nitrogens with one attached hydrogen (secondary N) is 1. The number of carbonyl (C=O) groups is 1. The number of benzene rings is 1. The molecule has 1 aliphatic rings. The second-order valence-electron chi connectivity index (χ2n) is 3.84. The van der Waals surface area contributed by atoms with E-state index < -0.39 is 5.31 Å². The Morgan fingerprint density at radius 2 is 2.00 bits per heavy atom. The molecule has 1 fully saturated rings. The van der Waals surface area contributed by atoms with E-state index in [2.05, 4.69) is 21.2 Å². The highest BCUT2D eigenvalue weighted by Crippen LogP contribution is 2.29. The van der Waals surface area contributed by atoms with Crippen molar-refractivity contribution in [2.24, 2.45) is 0 Å². The van der Waals surface area contributed by atoms with Crippen molar-refractivity contribution < 1.29 is 4.79 Å². The van der Waals surface area contributed by atoms with E-state index in [0.717, 1.165) is 23.0 Å². The van der Waals surface area contributed by atoms with E-state index in [1.54, 1.807) is 0 Å². The van der Waals surface area contributed by atoms with Crippen molar-refractivity contribution in [3.63, 3.8) is 0 Å². The highest BCUT2D eigenvalue weighted by Gasteiger charge is 2.36. The summed E-state index contributed by atoms with van der Waals surface area (Å²) in [6.07, 6.45) is 1.64. The third kappa shape index (κ3) is 1.95. The van der Waals surface area contributed by atoms with Crippen LogP contribution in [0.1, 0.15) is 18.4 Å². The molecule has 0 spiro atoms. The minimum atomic E-state index is -0.848. The third-order valence-electron chi connectivity index (χ3n) is 2.80. The van der Waals surface area contributed by atoms with Crippen LogP contribution < -0.4 is 5.32 Å². The average molecular weight is 264 g/mol. The Labute approximate surface area is 99.0 Å². The van der Waals surface area contributed by atoms with Gasteiger partial charge >= 0.3 is 0 Å². The van der Waals surface area contributed by atoms with Crippen LogP contribution in [-0.2, 0) is 10.1 Å². The standard InChI is InChI=1S/C11H11BBrNO/c12-11(6-1-7-14-10(11)15)8-2-4-9(13)5-3-8/h2-5H,1,6-7H2,(H,14,15). The molecule has 1 atom stereocenters. The predicted octanol–water partition coefficient (Wildman–Crippen LogP) is 1.72. The van der Waals surface area contributed by atoms with E-state index in [-0.39, 0.29) is 5.91 Å². The Morgan fingerprint density at radius 1 is 1.33 bits per heavy atom. The van der Waals surface area contributed by atoms with Crippen LogP contribution in [0.3, 0.4) is 0 Å². The Bertz CT molecular complexity index is 379. The van der Waals surface area contributed by atoms with E-state index in [9.17, 15) is 4.79 Å². The van der Waals surface area contributed by atoms with Gasteiger partial charge in [0.25, 0.3) is 0 Å². The molecule has 1 unspecified atom stereocenters. The molecule has 1 aromatic rings. The molecule has 1 aromatic carbocycles. The summed E-state index contributed by atoms with van der Waals surface area (Å²) in [7, 11) is 6.15. The van der Waals surface area contributed by atoms with Crippen LogP contribution in [-0.4, -0.2) is 20.3 Å². The predicted molar refractivity (Wildman–Crippen MR) is 63.8 cm³/mol. The Morgan fingerprint density at radius 3 is 2.60 bits per heavy atom. The maximum Gasteiger partial charge on any atom is 0.221 e. The lowest BCUT2D eigenvalue weighted by Gasteiger charge is -2.33. The molecule has 76 valence electrons. The molecule has 1 N–H and O–H groups in total. The first-order valence-corrected chi connectivity index (χ1v) is 5.75. The fourth-order valence-corrected chi connectivity index (χ4v) is 2.13. The maximum atomic E-state index is 11.8. The molecular weight excluding hydrogens is 253 g/mol. The molecule has 2 radical (unpaired) electrons. The van der Waals surface area contributed by atoms with Gasteiger partial charge in [-0.1, -0.05) is 28.1 Å². The Kier molecular flexibility index (Phi) is 2.87. The van der Waals surface area contributed by atoms with Crippen LogP contribution in [0.15, 0.2) is 28.7 Å². The zero-order valence-electron chi connectivity index (χ0n) is 8.29. The van der Waals surface area contributed by atoms with Gasteiger partial charge < -0.3 is 5.32 Å². The highest BCUT2D eigenvalue weighted by atomic mass is 79.9. The summed E-state index contributed by atoms with van der Waals surface area (Å²) in [6.45, 7) is 0.730. The summed E-state index contributed by atoms with van der Waals surface area (Å²) in [5.74, 6) is -0.0731. The first kappa shape index (κ1) is 10.7. The summed E-state index contributed by atoms with van der Waals surface area (Å²) in [6, 6.07) is 7.61. The van der Waals surface area contributed by atoms with E-state index in [4.69, 9.17) is 7.85 Å². The van der Waals surface area contributed by atoms with Gasteiger partial charge in [0.15, 0.2) is 0 Å². The first-order valence-electron chi connectivity index (χ1n) is 4.96. The van der Waals surface area contributed by atoms with Crippen LogP contribution >= 0.6 is 15.9 Å². The third-order valence-corrected chi connectivity index (χ3v) is 3.33. The van der Waals surface area contributed by atoms with Crippen LogP contribution in [0.4, 0.5) is 0 Å². The average Bonchev–Trinajstić information content (AvgIpc) is 2.23. The Balaban J connectivity index is 2.35. The quantitative estimate of drug-likeness (QED) is 0.769. The number of hydrogen-bond donors (Lipinski definition) is 1. The van der Waals surface area contributed by atoms with Crippen molar-refractivity contribution in [2.45, 2.75) is 18.2 Å². The number of amides is 1. The number of rotatable bonds is 1. The van der Waals surface area contributed by atoms with E-state index >= 15 is 0 Å². The van der Waals surface area contributed by atoms with Gasteiger partial charge in [-0.3, -0.25) is 4.79 Å². The van der Waals surface area contributed by atoms with E-state index in [1.807, 2.05) is 24.3 Å². The first-order chi connectivity index (χ1) is 7.13. The second-order valence-corrected chi connectivity index (χ2v) is 4.75. The van der Waals surface area contributed by atoms with Gasteiger partial charge in [-0.2, -0.15) is 0 Å². The largest absolute Gasteiger partial charge is 0.356 e. The lowest BCUT2D eigenvalue weighted by atomic mass is 9.60. The summed E-state index contributed by atoms with van der Waals surface area (Å²) >= 11 is 3.36. The van der Waals surface area contributed by atoms with Gasteiger partial charge in [0, 0.05) is 16.3 Å². The summed E-state index contributed by atoms with van der Waals surface area (Å²) in [4.78, 5) is 11.8. The lowest BCUT2D eigenvalue weighted by molar-refractivity contribution is -0.125. The highest BCUT2D eigenvalue weighted by molar-refractivity contribution is 9.10. The van der Waals surface area contributed by atoms with Crippen LogP contribution in [0.5, 0.6) is 0 Å². The molecular formula is C11H11BBrNO. The van der Waals surface area contributed by atoms with Crippen molar-refractivity contribution in [1.82, 2.24) is 5.32 Å². The van der Waals surface area contributed by atoms with Gasteiger partial charge in [0.1, 0.15) is 0 Å². The van der Waals surface area contributed by atoms with Crippen molar-refractivity contribution in [3.8, 4) is 0 Å². The number of piperidine rings is 1. The molecule has 1 aliphatic heterocycles. The molecule has 4 heteroatoms. The topological polar surface area (TPSA) is 29.1 Å². The van der Waals surface area contributed by atoms with Gasteiger partial charge in [-0.05, 0) is 30.5 Å². The SMILES string of the molecule is [B]C1(c2ccc(Br)cc2)CCCNC1=O. The molecule has 1 heterocycles. The van der Waals surface area contributed by atoms with Crippen molar-refractivity contribution in [3.05, 3.63) is 34.3 Å². The number of carbonyl (C=O) groups excluding carboxylic acids is 1. The monoisotopic (exact) mass is 263 g/mol. The summed E-state index contributed by atoms with van der Waals surface area (Å²) in [5, 5.41) is 1.96. The van der Waals surface area contributed by atoms with Crippen LogP contribution in [0.2, 0.25) is 0 Å². The summed E-state index contributed by atoms with van der Waals surface area (Å²) in [5.41, 5.74) is 0.878.